The van der Waals surface area contributed by atoms with Crippen LogP contribution in [0, 0.1) is 19.3 Å². The maximum Gasteiger partial charge on any atom is 0.123 e. The third-order valence-electron chi connectivity index (χ3n) is 2.37. The standard InChI is InChI=1S/C14H21BrO/c1-10-6-11(2)12(8-15)13(7-10)16-9-14(3,4)5/h6-7H,8-9H2,1-5H3. The van der Waals surface area contributed by atoms with Gasteiger partial charge in [-0.05, 0) is 36.5 Å². The second-order valence-electron chi connectivity index (χ2n) is 5.54. The minimum atomic E-state index is 0.196. The lowest BCUT2D eigenvalue weighted by molar-refractivity contribution is 0.196. The van der Waals surface area contributed by atoms with Crippen molar-refractivity contribution in [1.29, 1.82) is 0 Å². The molecule has 1 rings (SSSR count). The largest absolute Gasteiger partial charge is 0.493 e. The lowest BCUT2D eigenvalue weighted by Crippen LogP contribution is -2.17. The maximum absolute atomic E-state index is 5.92. The van der Waals surface area contributed by atoms with Crippen LogP contribution in [0.25, 0.3) is 0 Å². The number of alkyl halides is 1. The van der Waals surface area contributed by atoms with Gasteiger partial charge in [-0.3, -0.25) is 0 Å². The normalized spacial score (nSPS) is 11.6. The summed E-state index contributed by atoms with van der Waals surface area (Å²) in [6.45, 7) is 11.5. The molecule has 0 saturated carbocycles. The van der Waals surface area contributed by atoms with E-state index in [0.717, 1.165) is 17.7 Å². The van der Waals surface area contributed by atoms with Gasteiger partial charge in [0.15, 0.2) is 0 Å². The molecule has 16 heavy (non-hydrogen) atoms. The van der Waals surface area contributed by atoms with Crippen molar-refractivity contribution in [1.82, 2.24) is 0 Å². The zero-order chi connectivity index (χ0) is 12.3. The summed E-state index contributed by atoms with van der Waals surface area (Å²) in [5.74, 6) is 1.02. The fourth-order valence-corrected chi connectivity index (χ4v) is 2.27. The van der Waals surface area contributed by atoms with Crippen LogP contribution in [0.5, 0.6) is 5.75 Å². The van der Waals surface area contributed by atoms with Gasteiger partial charge in [0, 0.05) is 10.9 Å². The quantitative estimate of drug-likeness (QED) is 0.736. The number of aryl methyl sites for hydroxylation is 2. The zero-order valence-corrected chi connectivity index (χ0v) is 12.4. The molecule has 0 fully saturated rings. The van der Waals surface area contributed by atoms with Crippen molar-refractivity contribution >= 4 is 15.9 Å². The molecule has 0 saturated heterocycles. The van der Waals surface area contributed by atoms with Gasteiger partial charge in [0.05, 0.1) is 6.61 Å². The van der Waals surface area contributed by atoms with Crippen molar-refractivity contribution in [3.63, 3.8) is 0 Å². The first kappa shape index (κ1) is 13.6. The molecule has 1 aromatic carbocycles. The Kier molecular flexibility index (Phi) is 4.43. The Labute approximate surface area is 107 Å². The summed E-state index contributed by atoms with van der Waals surface area (Å²) in [6, 6.07) is 4.32. The van der Waals surface area contributed by atoms with Crippen LogP contribution >= 0.6 is 15.9 Å². The Balaban J connectivity index is 2.94. The summed E-state index contributed by atoms with van der Waals surface area (Å²) in [4.78, 5) is 0. The van der Waals surface area contributed by atoms with Gasteiger partial charge in [0.2, 0.25) is 0 Å². The molecule has 1 aromatic rings. The van der Waals surface area contributed by atoms with Crippen LogP contribution in [-0.4, -0.2) is 6.61 Å². The molecule has 0 aromatic heterocycles. The highest BCUT2D eigenvalue weighted by atomic mass is 79.9. The fourth-order valence-electron chi connectivity index (χ4n) is 1.55. The van der Waals surface area contributed by atoms with E-state index >= 15 is 0 Å². The number of ether oxygens (including phenoxy) is 1. The second kappa shape index (κ2) is 5.22. The molecular weight excluding hydrogens is 264 g/mol. The lowest BCUT2D eigenvalue weighted by atomic mass is 9.98. The molecule has 0 unspecified atom stereocenters. The molecule has 0 N–H and O–H groups in total. The molecule has 90 valence electrons. The van der Waals surface area contributed by atoms with E-state index in [1.807, 2.05) is 0 Å². The highest BCUT2D eigenvalue weighted by molar-refractivity contribution is 9.08. The van der Waals surface area contributed by atoms with Crippen molar-refractivity contribution in [2.75, 3.05) is 6.61 Å². The van der Waals surface area contributed by atoms with Crippen molar-refractivity contribution < 1.29 is 4.74 Å². The smallest absolute Gasteiger partial charge is 0.123 e. The highest BCUT2D eigenvalue weighted by Crippen LogP contribution is 2.28. The topological polar surface area (TPSA) is 9.23 Å². The van der Waals surface area contributed by atoms with Crippen LogP contribution in [0.1, 0.15) is 37.5 Å². The number of halogens is 1. The van der Waals surface area contributed by atoms with E-state index < -0.39 is 0 Å². The molecule has 0 spiro atoms. The SMILES string of the molecule is Cc1cc(C)c(CBr)c(OCC(C)(C)C)c1. The Bertz CT molecular complexity index is 364. The Hall–Kier alpha value is -0.500. The predicted molar refractivity (Wildman–Crippen MR) is 73.5 cm³/mol. The van der Waals surface area contributed by atoms with E-state index in [-0.39, 0.29) is 5.41 Å². The third-order valence-corrected chi connectivity index (χ3v) is 2.93. The van der Waals surface area contributed by atoms with Crippen molar-refractivity contribution in [2.45, 2.75) is 39.9 Å². The maximum atomic E-state index is 5.92. The van der Waals surface area contributed by atoms with Crippen LogP contribution in [0.3, 0.4) is 0 Å². The number of hydrogen-bond donors (Lipinski definition) is 0. The number of rotatable bonds is 3. The molecule has 0 aliphatic rings. The van der Waals surface area contributed by atoms with Crippen LogP contribution in [-0.2, 0) is 5.33 Å². The Morgan fingerprint density at radius 1 is 1.19 bits per heavy atom. The summed E-state index contributed by atoms with van der Waals surface area (Å²) < 4.78 is 5.92. The molecular formula is C14H21BrO. The Morgan fingerprint density at radius 2 is 1.81 bits per heavy atom. The average molecular weight is 285 g/mol. The minimum absolute atomic E-state index is 0.196. The van der Waals surface area contributed by atoms with Gasteiger partial charge in [0.25, 0.3) is 0 Å². The summed E-state index contributed by atoms with van der Waals surface area (Å²) in [5.41, 5.74) is 4.00. The second-order valence-corrected chi connectivity index (χ2v) is 6.10. The van der Waals surface area contributed by atoms with Gasteiger partial charge in [-0.25, -0.2) is 0 Å². The minimum Gasteiger partial charge on any atom is -0.493 e. The van der Waals surface area contributed by atoms with Crippen LogP contribution in [0.4, 0.5) is 0 Å². The van der Waals surface area contributed by atoms with E-state index in [2.05, 4.69) is 62.7 Å². The third kappa shape index (κ3) is 3.82. The molecule has 0 heterocycles. The van der Waals surface area contributed by atoms with Crippen LogP contribution in [0.15, 0.2) is 12.1 Å². The molecule has 2 heteroatoms. The summed E-state index contributed by atoms with van der Waals surface area (Å²) in [6.07, 6.45) is 0. The predicted octanol–water partition coefficient (Wildman–Crippen LogP) is 4.62. The number of hydrogen-bond acceptors (Lipinski definition) is 1. The van der Waals surface area contributed by atoms with Gasteiger partial charge in [-0.15, -0.1) is 0 Å². The zero-order valence-electron chi connectivity index (χ0n) is 10.9. The van der Waals surface area contributed by atoms with E-state index in [4.69, 9.17) is 4.74 Å². The number of benzene rings is 1. The molecule has 1 nitrogen and oxygen atoms in total. The molecule has 0 aliphatic heterocycles. The fraction of sp³-hybridized carbons (Fsp3) is 0.571. The monoisotopic (exact) mass is 284 g/mol. The van der Waals surface area contributed by atoms with Crippen molar-refractivity contribution in [3.05, 3.63) is 28.8 Å². The van der Waals surface area contributed by atoms with Gasteiger partial charge in [-0.1, -0.05) is 42.8 Å². The van der Waals surface area contributed by atoms with Gasteiger partial charge in [-0.2, -0.15) is 0 Å². The first-order chi connectivity index (χ1) is 7.33. The summed E-state index contributed by atoms with van der Waals surface area (Å²) in [7, 11) is 0. The van der Waals surface area contributed by atoms with Gasteiger partial charge < -0.3 is 4.74 Å². The summed E-state index contributed by atoms with van der Waals surface area (Å²) >= 11 is 3.52. The van der Waals surface area contributed by atoms with E-state index in [0.29, 0.717) is 0 Å². The molecule has 0 aliphatic carbocycles. The van der Waals surface area contributed by atoms with Crippen LogP contribution in [0.2, 0.25) is 0 Å². The molecule has 0 bridgehead atoms. The molecule has 0 amide bonds. The van der Waals surface area contributed by atoms with Crippen molar-refractivity contribution in [3.8, 4) is 5.75 Å². The molecule has 0 radical (unpaired) electrons. The van der Waals surface area contributed by atoms with Crippen molar-refractivity contribution in [2.24, 2.45) is 5.41 Å². The van der Waals surface area contributed by atoms with E-state index in [9.17, 15) is 0 Å². The first-order valence-corrected chi connectivity index (χ1v) is 6.74. The van der Waals surface area contributed by atoms with E-state index in [1.165, 1.54) is 16.7 Å². The average Bonchev–Trinajstić information content (AvgIpc) is 2.12. The summed E-state index contributed by atoms with van der Waals surface area (Å²) in [5, 5.41) is 0.846. The van der Waals surface area contributed by atoms with Crippen LogP contribution < -0.4 is 4.74 Å². The lowest BCUT2D eigenvalue weighted by Gasteiger charge is -2.21. The highest BCUT2D eigenvalue weighted by Gasteiger charge is 2.13. The van der Waals surface area contributed by atoms with E-state index in [1.54, 1.807) is 0 Å². The molecule has 0 atom stereocenters. The van der Waals surface area contributed by atoms with Gasteiger partial charge in [0.1, 0.15) is 5.75 Å². The Morgan fingerprint density at radius 3 is 2.31 bits per heavy atom. The first-order valence-electron chi connectivity index (χ1n) is 5.62. The van der Waals surface area contributed by atoms with Gasteiger partial charge >= 0.3 is 0 Å².